The molecule has 37 heavy (non-hydrogen) atoms. The first-order chi connectivity index (χ1) is 18.0. The van der Waals surface area contributed by atoms with Gasteiger partial charge in [0.15, 0.2) is 0 Å². The second-order valence-corrected chi connectivity index (χ2v) is 11.8. The minimum absolute atomic E-state index is 0.0999. The Balaban J connectivity index is 1.51. The molecule has 1 aliphatic carbocycles. The van der Waals surface area contributed by atoms with Crippen LogP contribution in [0.3, 0.4) is 0 Å². The van der Waals surface area contributed by atoms with E-state index in [2.05, 4.69) is 58.0 Å². The Hall–Kier alpha value is -2.09. The third kappa shape index (κ3) is 9.95. The average molecular weight is 505 g/mol. The van der Waals surface area contributed by atoms with E-state index in [4.69, 9.17) is 4.74 Å². The van der Waals surface area contributed by atoms with E-state index in [-0.39, 0.29) is 5.97 Å². The number of para-hydroxylation sites is 1. The Morgan fingerprint density at radius 3 is 2.32 bits per heavy atom. The number of carbonyl (C=O) groups is 1. The molecule has 0 bridgehead atoms. The molecule has 0 saturated heterocycles. The normalized spacial score (nSPS) is 18.5. The molecule has 0 N–H and O–H groups in total. The Morgan fingerprint density at radius 1 is 0.892 bits per heavy atom. The van der Waals surface area contributed by atoms with Crippen molar-refractivity contribution in [2.45, 2.75) is 130 Å². The van der Waals surface area contributed by atoms with Crippen molar-refractivity contribution in [1.82, 2.24) is 0 Å². The number of aryl methyl sites for hydroxylation is 3. The highest BCUT2D eigenvalue weighted by Crippen LogP contribution is 2.38. The van der Waals surface area contributed by atoms with E-state index in [1.807, 2.05) is 12.1 Å². The fraction of sp³-hybridized carbons (Fsp3) is 0.629. The molecule has 1 saturated carbocycles. The molecule has 0 aromatic heterocycles. The zero-order chi connectivity index (χ0) is 26.5. The predicted octanol–water partition coefficient (Wildman–Crippen LogP) is 10.1. The van der Waals surface area contributed by atoms with Gasteiger partial charge in [-0.1, -0.05) is 109 Å². The third-order valence-corrected chi connectivity index (χ3v) is 8.58. The molecular weight excluding hydrogens is 452 g/mol. The van der Waals surface area contributed by atoms with Crippen LogP contribution < -0.4 is 4.74 Å². The highest BCUT2D eigenvalue weighted by Gasteiger charge is 2.22. The van der Waals surface area contributed by atoms with E-state index in [9.17, 15) is 4.79 Å². The first-order valence-electron chi connectivity index (χ1n) is 15.4. The maximum Gasteiger partial charge on any atom is 0.311 e. The summed E-state index contributed by atoms with van der Waals surface area (Å²) in [6.07, 6.45) is 18.2. The number of ether oxygens (including phenoxy) is 1. The molecule has 2 aromatic rings. The standard InChI is InChI=1S/C35H52O2/c1-5-7-9-13-27(3)25-35(36)37-34-16-12-11-15-32(34)23-21-30-22-24-33(26-28(30)4)31-19-17-29(18-20-31)14-10-8-6-2/h11-12,15-16,22,24,26-27,29,31H,5-10,13-14,17-21,23,25H2,1-4H3. The lowest BCUT2D eigenvalue weighted by Crippen LogP contribution is -2.14. The van der Waals surface area contributed by atoms with E-state index in [1.165, 1.54) is 87.3 Å². The van der Waals surface area contributed by atoms with Gasteiger partial charge < -0.3 is 4.74 Å². The lowest BCUT2D eigenvalue weighted by atomic mass is 9.76. The first-order valence-corrected chi connectivity index (χ1v) is 15.4. The summed E-state index contributed by atoms with van der Waals surface area (Å²) in [5, 5.41) is 0. The van der Waals surface area contributed by atoms with Crippen LogP contribution >= 0.6 is 0 Å². The van der Waals surface area contributed by atoms with Crippen molar-refractivity contribution in [2.75, 3.05) is 0 Å². The fourth-order valence-electron chi connectivity index (χ4n) is 6.09. The molecule has 0 heterocycles. The number of rotatable bonds is 15. The molecule has 1 aliphatic rings. The predicted molar refractivity (Wildman–Crippen MR) is 157 cm³/mol. The highest BCUT2D eigenvalue weighted by atomic mass is 16.5. The van der Waals surface area contributed by atoms with Crippen molar-refractivity contribution >= 4 is 5.97 Å². The van der Waals surface area contributed by atoms with Crippen LogP contribution in [0.5, 0.6) is 5.75 Å². The topological polar surface area (TPSA) is 26.3 Å². The van der Waals surface area contributed by atoms with Crippen LogP contribution in [0.4, 0.5) is 0 Å². The maximum absolute atomic E-state index is 12.6. The molecule has 0 spiro atoms. The Morgan fingerprint density at radius 2 is 1.59 bits per heavy atom. The van der Waals surface area contributed by atoms with Crippen LogP contribution in [0.1, 0.15) is 132 Å². The van der Waals surface area contributed by atoms with E-state index in [1.54, 1.807) is 0 Å². The van der Waals surface area contributed by atoms with Crippen molar-refractivity contribution in [3.8, 4) is 5.75 Å². The van der Waals surface area contributed by atoms with Gasteiger partial charge in [-0.25, -0.2) is 0 Å². The summed E-state index contributed by atoms with van der Waals surface area (Å²) in [5.41, 5.74) is 5.47. The van der Waals surface area contributed by atoms with Gasteiger partial charge in [0.2, 0.25) is 0 Å². The fourth-order valence-corrected chi connectivity index (χ4v) is 6.09. The second-order valence-electron chi connectivity index (χ2n) is 11.8. The minimum atomic E-state index is -0.0999. The SMILES string of the molecule is CCCCCC(C)CC(=O)Oc1ccccc1CCc1ccc(C2CCC(CCCCC)CC2)cc1C. The molecule has 0 amide bonds. The lowest BCUT2D eigenvalue weighted by Gasteiger charge is -2.29. The molecule has 2 aromatic carbocycles. The van der Waals surface area contributed by atoms with Crippen molar-refractivity contribution in [2.24, 2.45) is 11.8 Å². The van der Waals surface area contributed by atoms with Gasteiger partial charge in [-0.05, 0) is 91.5 Å². The van der Waals surface area contributed by atoms with Gasteiger partial charge in [0.25, 0.3) is 0 Å². The van der Waals surface area contributed by atoms with Gasteiger partial charge in [-0.15, -0.1) is 0 Å². The summed E-state index contributed by atoms with van der Waals surface area (Å²) in [6, 6.07) is 15.3. The number of benzene rings is 2. The monoisotopic (exact) mass is 504 g/mol. The number of hydrogen-bond donors (Lipinski definition) is 0. The van der Waals surface area contributed by atoms with Crippen LogP contribution in [0.15, 0.2) is 42.5 Å². The van der Waals surface area contributed by atoms with E-state index in [0.29, 0.717) is 12.3 Å². The van der Waals surface area contributed by atoms with Crippen LogP contribution in [-0.4, -0.2) is 5.97 Å². The lowest BCUT2D eigenvalue weighted by molar-refractivity contribution is -0.135. The summed E-state index contributed by atoms with van der Waals surface area (Å²) in [5.74, 6) is 2.71. The molecule has 1 unspecified atom stereocenters. The van der Waals surface area contributed by atoms with Crippen LogP contribution in [0, 0.1) is 18.8 Å². The zero-order valence-corrected chi connectivity index (χ0v) is 24.2. The molecule has 1 atom stereocenters. The van der Waals surface area contributed by atoms with Gasteiger partial charge >= 0.3 is 5.97 Å². The van der Waals surface area contributed by atoms with Gasteiger partial charge in [0, 0.05) is 6.42 Å². The summed E-state index contributed by atoms with van der Waals surface area (Å²) >= 11 is 0. The summed E-state index contributed by atoms with van der Waals surface area (Å²) < 4.78 is 5.84. The van der Waals surface area contributed by atoms with Crippen molar-refractivity contribution in [3.05, 3.63) is 64.7 Å². The van der Waals surface area contributed by atoms with Crippen LogP contribution in [0.2, 0.25) is 0 Å². The number of esters is 1. The smallest absolute Gasteiger partial charge is 0.311 e. The molecule has 3 rings (SSSR count). The van der Waals surface area contributed by atoms with Gasteiger partial charge in [0.05, 0.1) is 0 Å². The molecule has 0 aliphatic heterocycles. The van der Waals surface area contributed by atoms with Gasteiger partial charge in [-0.2, -0.15) is 0 Å². The van der Waals surface area contributed by atoms with E-state index >= 15 is 0 Å². The van der Waals surface area contributed by atoms with Crippen molar-refractivity contribution < 1.29 is 9.53 Å². The van der Waals surface area contributed by atoms with E-state index < -0.39 is 0 Å². The summed E-state index contributed by atoms with van der Waals surface area (Å²) in [6.45, 7) is 8.94. The summed E-state index contributed by atoms with van der Waals surface area (Å²) in [4.78, 5) is 12.6. The second kappa shape index (κ2) is 16.0. The molecule has 2 nitrogen and oxygen atoms in total. The minimum Gasteiger partial charge on any atom is -0.426 e. The van der Waals surface area contributed by atoms with Crippen molar-refractivity contribution in [3.63, 3.8) is 0 Å². The summed E-state index contributed by atoms with van der Waals surface area (Å²) in [7, 11) is 0. The van der Waals surface area contributed by atoms with Crippen molar-refractivity contribution in [1.29, 1.82) is 0 Å². The number of unbranched alkanes of at least 4 members (excludes halogenated alkanes) is 4. The molecule has 204 valence electrons. The average Bonchev–Trinajstić information content (AvgIpc) is 2.89. The zero-order valence-electron chi connectivity index (χ0n) is 24.2. The Labute approximate surface area is 227 Å². The molecular formula is C35H52O2. The Bertz CT molecular complexity index is 938. The third-order valence-electron chi connectivity index (χ3n) is 8.58. The maximum atomic E-state index is 12.6. The van der Waals surface area contributed by atoms with E-state index in [0.717, 1.165) is 42.4 Å². The quantitative estimate of drug-likeness (QED) is 0.137. The molecule has 2 heteroatoms. The Kier molecular flexibility index (Phi) is 12.7. The first kappa shape index (κ1) is 29.5. The largest absolute Gasteiger partial charge is 0.426 e. The highest BCUT2D eigenvalue weighted by molar-refractivity contribution is 5.73. The number of carbonyl (C=O) groups excluding carboxylic acids is 1. The molecule has 1 fully saturated rings. The van der Waals surface area contributed by atoms with Crippen LogP contribution in [0.25, 0.3) is 0 Å². The van der Waals surface area contributed by atoms with Crippen LogP contribution in [-0.2, 0) is 17.6 Å². The van der Waals surface area contributed by atoms with Gasteiger partial charge in [-0.3, -0.25) is 4.79 Å². The number of hydrogen-bond acceptors (Lipinski definition) is 2. The molecule has 0 radical (unpaired) electrons. The van der Waals surface area contributed by atoms with Gasteiger partial charge in [0.1, 0.15) is 5.75 Å².